The molecule has 0 aromatic heterocycles. The van der Waals surface area contributed by atoms with Crippen molar-refractivity contribution in [1.82, 2.24) is 0 Å². The Balaban J connectivity index is 2.98. The van der Waals surface area contributed by atoms with Crippen molar-refractivity contribution in [3.05, 3.63) is 23.8 Å². The maximum Gasteiger partial charge on any atom is 0.151 e. The average molecular weight is 228 g/mol. The highest BCUT2D eigenvalue weighted by molar-refractivity contribution is 5.54. The first kappa shape index (κ1) is 12.7. The van der Waals surface area contributed by atoms with Crippen molar-refractivity contribution in [2.24, 2.45) is 5.41 Å². The molecule has 1 aromatic rings. The second kappa shape index (κ2) is 4.28. The molecule has 0 radical (unpaired) electrons. The van der Waals surface area contributed by atoms with E-state index >= 15 is 0 Å². The molecule has 0 heterocycles. The van der Waals surface area contributed by atoms with E-state index in [0.29, 0.717) is 0 Å². The lowest BCUT2D eigenvalue weighted by molar-refractivity contribution is 0.357. The van der Waals surface area contributed by atoms with Crippen molar-refractivity contribution in [3.8, 4) is 0 Å². The number of hydrogen-bond donors (Lipinski definition) is 2. The predicted octanol–water partition coefficient (Wildman–Crippen LogP) is 3.39. The minimum Gasteiger partial charge on any atom is -0.399 e. The summed E-state index contributed by atoms with van der Waals surface area (Å²) in [5.74, 6) is -1.32. The number of hydrogen-bond acceptors (Lipinski definition) is 2. The van der Waals surface area contributed by atoms with Crippen LogP contribution in [0.4, 0.5) is 20.2 Å². The van der Waals surface area contributed by atoms with Crippen LogP contribution in [-0.2, 0) is 0 Å². The number of nitrogens with two attached hydrogens (primary N) is 1. The Kier molecular flexibility index (Phi) is 3.41. The van der Waals surface area contributed by atoms with Crippen LogP contribution in [0.1, 0.15) is 27.7 Å². The Morgan fingerprint density at radius 2 is 1.62 bits per heavy atom. The maximum atomic E-state index is 13.5. The highest BCUT2D eigenvalue weighted by Crippen LogP contribution is 2.27. The first-order valence-corrected chi connectivity index (χ1v) is 5.23. The second-order valence-corrected chi connectivity index (χ2v) is 5.09. The molecule has 1 aromatic carbocycles. The van der Waals surface area contributed by atoms with Gasteiger partial charge in [0.1, 0.15) is 5.69 Å². The van der Waals surface area contributed by atoms with Gasteiger partial charge < -0.3 is 11.1 Å². The maximum absolute atomic E-state index is 13.5. The third-order valence-corrected chi connectivity index (χ3v) is 2.72. The van der Waals surface area contributed by atoms with Crippen LogP contribution in [-0.4, -0.2) is 6.04 Å². The molecule has 3 N–H and O–H groups in total. The summed E-state index contributed by atoms with van der Waals surface area (Å²) in [4.78, 5) is 0. The SMILES string of the molecule is CC(Nc1c(F)cc(N)cc1F)C(C)(C)C. The molecule has 2 nitrogen and oxygen atoms in total. The molecular formula is C12H18F2N2. The number of anilines is 2. The summed E-state index contributed by atoms with van der Waals surface area (Å²) in [6, 6.07) is 2.17. The van der Waals surface area contributed by atoms with E-state index in [-0.39, 0.29) is 22.8 Å². The number of rotatable bonds is 2. The number of benzene rings is 1. The van der Waals surface area contributed by atoms with Crippen LogP contribution in [0, 0.1) is 17.0 Å². The topological polar surface area (TPSA) is 38.0 Å². The minimum atomic E-state index is -0.659. The molecule has 0 aliphatic heterocycles. The van der Waals surface area contributed by atoms with Gasteiger partial charge in [-0.05, 0) is 24.5 Å². The highest BCUT2D eigenvalue weighted by Gasteiger charge is 2.22. The van der Waals surface area contributed by atoms with Gasteiger partial charge in [-0.1, -0.05) is 20.8 Å². The number of nitrogens with one attached hydrogen (secondary N) is 1. The Hall–Kier alpha value is -1.32. The van der Waals surface area contributed by atoms with Gasteiger partial charge in [-0.3, -0.25) is 0 Å². The van der Waals surface area contributed by atoms with Crippen molar-refractivity contribution < 1.29 is 8.78 Å². The quantitative estimate of drug-likeness (QED) is 0.761. The molecule has 90 valence electrons. The molecule has 0 fully saturated rings. The molecule has 0 spiro atoms. The van der Waals surface area contributed by atoms with E-state index in [1.165, 1.54) is 0 Å². The molecule has 4 heteroatoms. The van der Waals surface area contributed by atoms with Gasteiger partial charge in [-0.15, -0.1) is 0 Å². The van der Waals surface area contributed by atoms with Crippen molar-refractivity contribution >= 4 is 11.4 Å². The van der Waals surface area contributed by atoms with E-state index in [1.807, 2.05) is 27.7 Å². The zero-order chi connectivity index (χ0) is 12.5. The summed E-state index contributed by atoms with van der Waals surface area (Å²) in [6.07, 6.45) is 0. The first-order chi connectivity index (χ1) is 7.21. The zero-order valence-electron chi connectivity index (χ0n) is 10.1. The minimum absolute atomic E-state index is 0.0554. The summed E-state index contributed by atoms with van der Waals surface area (Å²) in [5, 5.41) is 2.84. The van der Waals surface area contributed by atoms with Gasteiger partial charge in [0.2, 0.25) is 0 Å². The fourth-order valence-corrected chi connectivity index (χ4v) is 1.16. The smallest absolute Gasteiger partial charge is 0.151 e. The molecule has 0 aliphatic carbocycles. The van der Waals surface area contributed by atoms with Gasteiger partial charge in [0, 0.05) is 11.7 Å². The summed E-state index contributed by atoms with van der Waals surface area (Å²) >= 11 is 0. The number of nitrogen functional groups attached to an aromatic ring is 1. The molecular weight excluding hydrogens is 210 g/mol. The summed E-state index contributed by atoms with van der Waals surface area (Å²) in [7, 11) is 0. The molecule has 0 amide bonds. The summed E-state index contributed by atoms with van der Waals surface area (Å²) < 4.78 is 27.0. The van der Waals surface area contributed by atoms with Crippen LogP contribution in [0.25, 0.3) is 0 Å². The Morgan fingerprint density at radius 1 is 1.19 bits per heavy atom. The third-order valence-electron chi connectivity index (χ3n) is 2.72. The fraction of sp³-hybridized carbons (Fsp3) is 0.500. The van der Waals surface area contributed by atoms with Gasteiger partial charge >= 0.3 is 0 Å². The summed E-state index contributed by atoms with van der Waals surface area (Å²) in [6.45, 7) is 7.88. The van der Waals surface area contributed by atoms with Crippen molar-refractivity contribution in [3.63, 3.8) is 0 Å². The number of halogens is 2. The largest absolute Gasteiger partial charge is 0.399 e. The second-order valence-electron chi connectivity index (χ2n) is 5.09. The van der Waals surface area contributed by atoms with E-state index in [0.717, 1.165) is 12.1 Å². The lowest BCUT2D eigenvalue weighted by Crippen LogP contribution is -2.31. The molecule has 0 aliphatic rings. The molecule has 0 saturated heterocycles. The van der Waals surface area contributed by atoms with Crippen LogP contribution < -0.4 is 11.1 Å². The lowest BCUT2D eigenvalue weighted by atomic mass is 9.88. The van der Waals surface area contributed by atoms with Gasteiger partial charge in [-0.25, -0.2) is 8.78 Å². The van der Waals surface area contributed by atoms with E-state index < -0.39 is 11.6 Å². The Morgan fingerprint density at radius 3 is 2.00 bits per heavy atom. The third kappa shape index (κ3) is 2.84. The summed E-state index contributed by atoms with van der Waals surface area (Å²) in [5.41, 5.74) is 5.23. The molecule has 16 heavy (non-hydrogen) atoms. The van der Waals surface area contributed by atoms with Gasteiger partial charge in [0.05, 0.1) is 0 Å². The zero-order valence-corrected chi connectivity index (χ0v) is 10.1. The van der Waals surface area contributed by atoms with E-state index in [4.69, 9.17) is 5.73 Å². The van der Waals surface area contributed by atoms with Crippen molar-refractivity contribution in [2.75, 3.05) is 11.1 Å². The Labute approximate surface area is 94.8 Å². The first-order valence-electron chi connectivity index (χ1n) is 5.23. The average Bonchev–Trinajstić information content (AvgIpc) is 2.08. The van der Waals surface area contributed by atoms with Crippen LogP contribution >= 0.6 is 0 Å². The van der Waals surface area contributed by atoms with Crippen LogP contribution in [0.3, 0.4) is 0 Å². The molecule has 1 unspecified atom stereocenters. The lowest BCUT2D eigenvalue weighted by Gasteiger charge is -2.29. The van der Waals surface area contributed by atoms with Crippen LogP contribution in [0.2, 0.25) is 0 Å². The van der Waals surface area contributed by atoms with Gasteiger partial charge in [0.25, 0.3) is 0 Å². The van der Waals surface area contributed by atoms with E-state index in [2.05, 4.69) is 5.32 Å². The van der Waals surface area contributed by atoms with Crippen LogP contribution in [0.5, 0.6) is 0 Å². The monoisotopic (exact) mass is 228 g/mol. The fourth-order valence-electron chi connectivity index (χ4n) is 1.16. The van der Waals surface area contributed by atoms with Crippen molar-refractivity contribution in [2.45, 2.75) is 33.7 Å². The Bertz CT molecular complexity index is 360. The van der Waals surface area contributed by atoms with Gasteiger partial charge in [-0.2, -0.15) is 0 Å². The molecule has 0 bridgehead atoms. The van der Waals surface area contributed by atoms with Crippen LogP contribution in [0.15, 0.2) is 12.1 Å². The van der Waals surface area contributed by atoms with E-state index in [9.17, 15) is 8.78 Å². The standard InChI is InChI=1S/C12H18F2N2/c1-7(12(2,3)4)16-11-9(13)5-8(15)6-10(11)14/h5-7,16H,15H2,1-4H3. The molecule has 1 atom stereocenters. The van der Waals surface area contributed by atoms with Crippen molar-refractivity contribution in [1.29, 1.82) is 0 Å². The van der Waals surface area contributed by atoms with Gasteiger partial charge in [0.15, 0.2) is 11.6 Å². The van der Waals surface area contributed by atoms with E-state index in [1.54, 1.807) is 0 Å². The highest BCUT2D eigenvalue weighted by atomic mass is 19.1. The normalized spacial score (nSPS) is 13.6. The predicted molar refractivity (Wildman–Crippen MR) is 63.3 cm³/mol. The molecule has 0 saturated carbocycles. The molecule has 1 rings (SSSR count).